The monoisotopic (exact) mass is 244 g/mol. The standard InChI is InChI=1S/C12H12N4O2/c13-11-6-10(16(17)18)8-15-12(11)14-7-9-4-2-1-3-5-9/h1-6,8H,7,13H2,(H,14,15). The molecule has 0 unspecified atom stereocenters. The molecule has 1 aromatic heterocycles. The van der Waals surface area contributed by atoms with E-state index in [0.29, 0.717) is 12.4 Å². The number of nitrogens with one attached hydrogen (secondary N) is 1. The van der Waals surface area contributed by atoms with Crippen LogP contribution in [0.25, 0.3) is 0 Å². The number of nitrogens with zero attached hydrogens (tertiary/aromatic N) is 2. The van der Waals surface area contributed by atoms with Gasteiger partial charge in [0.15, 0.2) is 0 Å². The highest BCUT2D eigenvalue weighted by Gasteiger charge is 2.09. The maximum absolute atomic E-state index is 10.5. The van der Waals surface area contributed by atoms with Crippen LogP contribution in [0.3, 0.4) is 0 Å². The zero-order chi connectivity index (χ0) is 13.0. The number of hydrogen-bond acceptors (Lipinski definition) is 5. The molecule has 0 aliphatic carbocycles. The average molecular weight is 244 g/mol. The minimum absolute atomic E-state index is 0.113. The summed E-state index contributed by atoms with van der Waals surface area (Å²) in [6, 6.07) is 11.0. The summed E-state index contributed by atoms with van der Waals surface area (Å²) in [4.78, 5) is 13.9. The number of pyridine rings is 1. The number of hydrogen-bond donors (Lipinski definition) is 2. The number of benzene rings is 1. The summed E-state index contributed by atoms with van der Waals surface area (Å²) < 4.78 is 0. The summed E-state index contributed by atoms with van der Waals surface area (Å²) in [5.41, 5.74) is 6.93. The Morgan fingerprint density at radius 2 is 2.06 bits per heavy atom. The van der Waals surface area contributed by atoms with Crippen molar-refractivity contribution in [1.82, 2.24) is 4.98 Å². The van der Waals surface area contributed by atoms with Crippen LogP contribution in [-0.4, -0.2) is 9.91 Å². The molecule has 0 aliphatic rings. The third-order valence-electron chi connectivity index (χ3n) is 2.42. The van der Waals surface area contributed by atoms with Gasteiger partial charge in [0, 0.05) is 12.6 Å². The molecule has 92 valence electrons. The van der Waals surface area contributed by atoms with E-state index in [-0.39, 0.29) is 11.4 Å². The summed E-state index contributed by atoms with van der Waals surface area (Å²) in [5, 5.41) is 13.6. The molecule has 0 fully saturated rings. The van der Waals surface area contributed by atoms with E-state index in [0.717, 1.165) is 5.56 Å². The van der Waals surface area contributed by atoms with Gasteiger partial charge in [-0.25, -0.2) is 4.98 Å². The summed E-state index contributed by atoms with van der Waals surface area (Å²) >= 11 is 0. The van der Waals surface area contributed by atoms with E-state index in [4.69, 9.17) is 5.73 Å². The molecule has 0 atom stereocenters. The zero-order valence-electron chi connectivity index (χ0n) is 9.54. The number of nitrogens with two attached hydrogens (primary N) is 1. The highest BCUT2D eigenvalue weighted by atomic mass is 16.6. The largest absolute Gasteiger partial charge is 0.396 e. The number of nitrogen functional groups attached to an aromatic ring is 1. The highest BCUT2D eigenvalue weighted by Crippen LogP contribution is 2.21. The fourth-order valence-electron chi connectivity index (χ4n) is 1.50. The van der Waals surface area contributed by atoms with Crippen LogP contribution in [0.2, 0.25) is 0 Å². The Labute approximate surface area is 104 Å². The summed E-state index contributed by atoms with van der Waals surface area (Å²) in [5.74, 6) is 0.449. The van der Waals surface area contributed by atoms with Crippen molar-refractivity contribution in [2.75, 3.05) is 11.1 Å². The van der Waals surface area contributed by atoms with Crippen LogP contribution >= 0.6 is 0 Å². The topological polar surface area (TPSA) is 94.1 Å². The molecule has 0 bridgehead atoms. The van der Waals surface area contributed by atoms with Gasteiger partial charge in [-0.2, -0.15) is 0 Å². The summed E-state index contributed by atoms with van der Waals surface area (Å²) in [7, 11) is 0. The molecular formula is C12H12N4O2. The van der Waals surface area contributed by atoms with E-state index in [2.05, 4.69) is 10.3 Å². The lowest BCUT2D eigenvalue weighted by Gasteiger charge is -2.07. The van der Waals surface area contributed by atoms with Gasteiger partial charge in [0.2, 0.25) is 0 Å². The smallest absolute Gasteiger partial charge is 0.289 e. The van der Waals surface area contributed by atoms with Gasteiger partial charge in [-0.15, -0.1) is 0 Å². The molecule has 0 radical (unpaired) electrons. The van der Waals surface area contributed by atoms with Gasteiger partial charge in [-0.3, -0.25) is 10.1 Å². The van der Waals surface area contributed by atoms with Crippen molar-refractivity contribution < 1.29 is 4.92 Å². The predicted molar refractivity (Wildman–Crippen MR) is 69.1 cm³/mol. The minimum Gasteiger partial charge on any atom is -0.396 e. The second kappa shape index (κ2) is 5.13. The van der Waals surface area contributed by atoms with Crippen LogP contribution in [-0.2, 0) is 6.54 Å². The first-order valence-electron chi connectivity index (χ1n) is 5.34. The Bertz CT molecular complexity index is 557. The molecule has 2 rings (SSSR count). The van der Waals surface area contributed by atoms with Gasteiger partial charge < -0.3 is 11.1 Å². The van der Waals surface area contributed by atoms with Gasteiger partial charge in [-0.1, -0.05) is 30.3 Å². The molecule has 18 heavy (non-hydrogen) atoms. The second-order valence-electron chi connectivity index (χ2n) is 3.73. The van der Waals surface area contributed by atoms with Gasteiger partial charge in [0.1, 0.15) is 12.0 Å². The molecule has 0 saturated heterocycles. The third kappa shape index (κ3) is 2.73. The van der Waals surface area contributed by atoms with Crippen molar-refractivity contribution in [1.29, 1.82) is 0 Å². The van der Waals surface area contributed by atoms with Crippen LogP contribution in [0.4, 0.5) is 17.2 Å². The van der Waals surface area contributed by atoms with Crippen LogP contribution in [0.5, 0.6) is 0 Å². The molecule has 6 heteroatoms. The second-order valence-corrected chi connectivity index (χ2v) is 3.73. The van der Waals surface area contributed by atoms with Gasteiger partial charge in [0.05, 0.1) is 10.6 Å². The SMILES string of the molecule is Nc1cc([N+](=O)[O-])cnc1NCc1ccccc1. The van der Waals surface area contributed by atoms with Crippen molar-refractivity contribution in [3.63, 3.8) is 0 Å². The van der Waals surface area contributed by atoms with Gasteiger partial charge in [-0.05, 0) is 5.56 Å². The van der Waals surface area contributed by atoms with E-state index >= 15 is 0 Å². The van der Waals surface area contributed by atoms with Gasteiger partial charge in [0.25, 0.3) is 5.69 Å². The fourth-order valence-corrected chi connectivity index (χ4v) is 1.50. The van der Waals surface area contributed by atoms with E-state index in [1.54, 1.807) is 0 Å². The predicted octanol–water partition coefficient (Wildman–Crippen LogP) is 2.18. The molecule has 1 heterocycles. The van der Waals surface area contributed by atoms with Crippen molar-refractivity contribution in [3.8, 4) is 0 Å². The summed E-state index contributed by atoms with van der Waals surface area (Å²) in [6.07, 6.45) is 1.18. The summed E-state index contributed by atoms with van der Waals surface area (Å²) in [6.45, 7) is 0.565. The quantitative estimate of drug-likeness (QED) is 0.635. The van der Waals surface area contributed by atoms with Crippen molar-refractivity contribution in [2.45, 2.75) is 6.54 Å². The molecule has 0 saturated carbocycles. The normalized spacial score (nSPS) is 10.0. The molecule has 0 aliphatic heterocycles. The molecular weight excluding hydrogens is 232 g/mol. The van der Waals surface area contributed by atoms with Crippen LogP contribution in [0.1, 0.15) is 5.56 Å². The van der Waals surface area contributed by atoms with E-state index in [1.807, 2.05) is 30.3 Å². The molecule has 2 aromatic rings. The highest BCUT2D eigenvalue weighted by molar-refractivity contribution is 5.64. The number of nitro groups is 1. The average Bonchev–Trinajstić information content (AvgIpc) is 2.38. The van der Waals surface area contributed by atoms with E-state index in [9.17, 15) is 10.1 Å². The third-order valence-corrected chi connectivity index (χ3v) is 2.42. The lowest BCUT2D eigenvalue weighted by atomic mass is 10.2. The Kier molecular flexibility index (Phi) is 3.38. The van der Waals surface area contributed by atoms with E-state index < -0.39 is 4.92 Å². The maximum Gasteiger partial charge on any atom is 0.289 e. The number of rotatable bonds is 4. The first kappa shape index (κ1) is 11.8. The fraction of sp³-hybridized carbons (Fsp3) is 0.0833. The maximum atomic E-state index is 10.5. The Balaban J connectivity index is 2.08. The first-order valence-corrected chi connectivity index (χ1v) is 5.34. The van der Waals surface area contributed by atoms with E-state index in [1.165, 1.54) is 12.3 Å². The Hall–Kier alpha value is -2.63. The number of anilines is 2. The molecule has 0 spiro atoms. The molecule has 1 aromatic carbocycles. The minimum atomic E-state index is -0.523. The first-order chi connectivity index (χ1) is 8.66. The van der Waals surface area contributed by atoms with Crippen LogP contribution in [0, 0.1) is 10.1 Å². The molecule has 6 nitrogen and oxygen atoms in total. The Morgan fingerprint density at radius 1 is 1.33 bits per heavy atom. The molecule has 3 N–H and O–H groups in total. The van der Waals surface area contributed by atoms with Crippen LogP contribution < -0.4 is 11.1 Å². The van der Waals surface area contributed by atoms with Crippen molar-refractivity contribution in [3.05, 3.63) is 58.3 Å². The Morgan fingerprint density at radius 3 is 2.67 bits per heavy atom. The molecule has 0 amide bonds. The lowest BCUT2D eigenvalue weighted by molar-refractivity contribution is -0.385. The van der Waals surface area contributed by atoms with Gasteiger partial charge >= 0.3 is 0 Å². The zero-order valence-corrected chi connectivity index (χ0v) is 9.54. The number of aromatic nitrogens is 1. The van der Waals surface area contributed by atoms with Crippen molar-refractivity contribution >= 4 is 17.2 Å². The lowest BCUT2D eigenvalue weighted by Crippen LogP contribution is -2.05. The van der Waals surface area contributed by atoms with Crippen LogP contribution in [0.15, 0.2) is 42.6 Å². The van der Waals surface area contributed by atoms with Crippen molar-refractivity contribution in [2.24, 2.45) is 0 Å².